The van der Waals surface area contributed by atoms with Crippen LogP contribution in [0.3, 0.4) is 0 Å². The molecule has 0 radical (unpaired) electrons. The Balaban J connectivity index is 2.64. The second kappa shape index (κ2) is 6.26. The molecule has 1 aliphatic rings. The van der Waals surface area contributed by atoms with Gasteiger partial charge in [0, 0.05) is 13.5 Å². The summed E-state index contributed by atoms with van der Waals surface area (Å²) in [4.78, 5) is 12.5. The number of hydrogen-bond acceptors (Lipinski definition) is 4. The zero-order valence-electron chi connectivity index (χ0n) is 13.6. The number of nitro groups is 1. The summed E-state index contributed by atoms with van der Waals surface area (Å²) in [6.07, 6.45) is 3.80. The molecule has 0 aliphatic carbocycles. The van der Waals surface area contributed by atoms with Gasteiger partial charge in [-0.3, -0.25) is 10.1 Å². The van der Waals surface area contributed by atoms with Crippen LogP contribution in [0.1, 0.15) is 40.5 Å². The Hall–Kier alpha value is -0.883. The van der Waals surface area contributed by atoms with Crippen molar-refractivity contribution in [3.05, 3.63) is 22.0 Å². The summed E-state index contributed by atoms with van der Waals surface area (Å²) >= 11 is 0. The normalized spacial score (nSPS) is 21.4. The van der Waals surface area contributed by atoms with Crippen molar-refractivity contribution in [3.63, 3.8) is 0 Å². The van der Waals surface area contributed by atoms with Gasteiger partial charge in [0.15, 0.2) is 8.32 Å². The fraction of sp³-hybridized carbons (Fsp3) is 0.857. The van der Waals surface area contributed by atoms with Crippen molar-refractivity contribution in [2.75, 3.05) is 13.2 Å². The van der Waals surface area contributed by atoms with Gasteiger partial charge in [0.25, 0.3) is 5.70 Å². The zero-order valence-corrected chi connectivity index (χ0v) is 14.6. The summed E-state index contributed by atoms with van der Waals surface area (Å²) in [7, 11) is -1.75. The van der Waals surface area contributed by atoms with Gasteiger partial charge < -0.3 is 9.33 Å². The quantitative estimate of drug-likeness (QED) is 0.442. The predicted molar refractivity (Wildman–Crippen MR) is 83.6 cm³/mol. The average molecular weight is 300 g/mol. The van der Waals surface area contributed by atoms with Crippen LogP contribution in [0.25, 0.3) is 0 Å². The highest BCUT2D eigenvalue weighted by atomic mass is 28.4. The molecule has 1 atom stereocenters. The highest BCUT2D eigenvalue weighted by Crippen LogP contribution is 2.37. The molecule has 1 heterocycles. The van der Waals surface area contributed by atoms with Crippen LogP contribution >= 0.6 is 0 Å². The monoisotopic (exact) mass is 300 g/mol. The summed E-state index contributed by atoms with van der Waals surface area (Å²) in [5.41, 5.74) is 0.198. The Labute approximate surface area is 123 Å². The molecule has 0 aromatic carbocycles. The summed E-state index contributed by atoms with van der Waals surface area (Å²) in [6, 6.07) is 0.277. The van der Waals surface area contributed by atoms with E-state index in [0.29, 0.717) is 6.61 Å². The molecule has 0 aromatic rings. The molecule has 5 nitrogen and oxygen atoms in total. The molecule has 0 aromatic heterocycles. The van der Waals surface area contributed by atoms with E-state index in [9.17, 15) is 10.1 Å². The second-order valence-electron chi connectivity index (χ2n) is 7.13. The lowest BCUT2D eigenvalue weighted by atomic mass is 10.2. The van der Waals surface area contributed by atoms with Gasteiger partial charge in [0.1, 0.15) is 0 Å². The number of likely N-dealkylation sites (tertiary alicyclic amines) is 1. The van der Waals surface area contributed by atoms with Crippen LogP contribution in [-0.2, 0) is 4.43 Å². The van der Waals surface area contributed by atoms with E-state index in [1.807, 2.05) is 0 Å². The van der Waals surface area contributed by atoms with E-state index in [0.717, 1.165) is 19.4 Å². The Kier molecular flexibility index (Phi) is 5.37. The number of nitrogens with zero attached hydrogens (tertiary/aromatic N) is 2. The maximum atomic E-state index is 10.7. The van der Waals surface area contributed by atoms with Gasteiger partial charge in [-0.25, -0.2) is 0 Å². The first kappa shape index (κ1) is 17.2. The van der Waals surface area contributed by atoms with Gasteiger partial charge in [-0.15, -0.1) is 0 Å². The first-order chi connectivity index (χ1) is 9.04. The molecule has 20 heavy (non-hydrogen) atoms. The van der Waals surface area contributed by atoms with Gasteiger partial charge in [-0.2, -0.15) is 0 Å². The molecule has 1 fully saturated rings. The molecule has 6 heteroatoms. The number of hydrogen-bond donors (Lipinski definition) is 0. The lowest BCUT2D eigenvalue weighted by molar-refractivity contribution is -0.425. The zero-order chi connectivity index (χ0) is 15.6. The van der Waals surface area contributed by atoms with Gasteiger partial charge in [0.2, 0.25) is 0 Å². The Bertz CT molecular complexity index is 388. The van der Waals surface area contributed by atoms with Crippen molar-refractivity contribution < 1.29 is 9.35 Å². The fourth-order valence-corrected chi connectivity index (χ4v) is 3.06. The Morgan fingerprint density at radius 2 is 2.10 bits per heavy atom. The van der Waals surface area contributed by atoms with Crippen LogP contribution in [0, 0.1) is 10.1 Å². The first-order valence-corrected chi connectivity index (χ1v) is 10.2. The average Bonchev–Trinajstić information content (AvgIpc) is 2.72. The number of rotatable bonds is 5. The van der Waals surface area contributed by atoms with Crippen LogP contribution in [0.5, 0.6) is 0 Å². The van der Waals surface area contributed by atoms with Crippen LogP contribution < -0.4 is 0 Å². The molecule has 0 spiro atoms. The predicted octanol–water partition coefficient (Wildman–Crippen LogP) is 3.61. The molecule has 0 saturated carbocycles. The molecule has 1 rings (SSSR count). The second-order valence-corrected chi connectivity index (χ2v) is 11.9. The Morgan fingerprint density at radius 3 is 2.60 bits per heavy atom. The third-order valence-corrected chi connectivity index (χ3v) is 9.01. The molecule has 0 N–H and O–H groups in total. The topological polar surface area (TPSA) is 55.6 Å². The van der Waals surface area contributed by atoms with E-state index in [1.54, 1.807) is 13.1 Å². The van der Waals surface area contributed by atoms with E-state index in [4.69, 9.17) is 4.43 Å². The Morgan fingerprint density at radius 1 is 1.50 bits per heavy atom. The smallest absolute Gasteiger partial charge is 0.258 e. The van der Waals surface area contributed by atoms with E-state index in [2.05, 4.69) is 38.8 Å². The molecular formula is C14H28N2O3Si. The SMILES string of the molecule is C/C(=C\N1CCC[C@H]1CO[Si](C)(C)C(C)(C)C)[N+](=O)[O-]. The summed E-state index contributed by atoms with van der Waals surface area (Å²) in [5, 5.41) is 10.9. The van der Waals surface area contributed by atoms with E-state index < -0.39 is 8.32 Å². The van der Waals surface area contributed by atoms with Crippen LogP contribution in [0.2, 0.25) is 18.1 Å². The van der Waals surface area contributed by atoms with Crippen molar-refractivity contribution in [1.29, 1.82) is 0 Å². The molecule has 0 bridgehead atoms. The molecular weight excluding hydrogens is 272 g/mol. The highest BCUT2D eigenvalue weighted by Gasteiger charge is 2.38. The minimum Gasteiger partial charge on any atom is -0.415 e. The van der Waals surface area contributed by atoms with Crippen molar-refractivity contribution in [2.24, 2.45) is 0 Å². The van der Waals surface area contributed by atoms with Crippen molar-refractivity contribution in [3.8, 4) is 0 Å². The minimum atomic E-state index is -1.75. The lowest BCUT2D eigenvalue weighted by Crippen LogP contribution is -2.44. The van der Waals surface area contributed by atoms with Gasteiger partial charge in [-0.1, -0.05) is 20.8 Å². The minimum absolute atomic E-state index is 0.197. The van der Waals surface area contributed by atoms with Crippen LogP contribution in [0.4, 0.5) is 0 Å². The van der Waals surface area contributed by atoms with E-state index in [-0.39, 0.29) is 21.7 Å². The fourth-order valence-electron chi connectivity index (χ4n) is 2.02. The molecule has 1 aliphatic heterocycles. The van der Waals surface area contributed by atoms with Crippen LogP contribution in [0.15, 0.2) is 11.9 Å². The maximum absolute atomic E-state index is 10.7. The van der Waals surface area contributed by atoms with Gasteiger partial charge in [0.05, 0.1) is 23.8 Å². The van der Waals surface area contributed by atoms with E-state index in [1.165, 1.54) is 0 Å². The third kappa shape index (κ3) is 4.31. The lowest BCUT2D eigenvalue weighted by Gasteiger charge is -2.37. The highest BCUT2D eigenvalue weighted by molar-refractivity contribution is 6.74. The van der Waals surface area contributed by atoms with Gasteiger partial charge >= 0.3 is 0 Å². The van der Waals surface area contributed by atoms with Crippen molar-refractivity contribution in [2.45, 2.75) is 64.7 Å². The number of allylic oxidation sites excluding steroid dienone is 1. The standard InChI is InChI=1S/C14H28N2O3Si/c1-12(16(17)18)10-15-9-7-8-13(15)11-19-20(5,6)14(2,3)4/h10,13H,7-9,11H2,1-6H3/b12-10+/t13-/m0/s1. The van der Waals surface area contributed by atoms with Crippen molar-refractivity contribution >= 4 is 8.32 Å². The molecule has 0 amide bonds. The van der Waals surface area contributed by atoms with Crippen molar-refractivity contribution in [1.82, 2.24) is 4.90 Å². The summed E-state index contributed by atoms with van der Waals surface area (Å²) in [6.45, 7) is 14.3. The molecule has 116 valence electrons. The van der Waals surface area contributed by atoms with E-state index >= 15 is 0 Å². The summed E-state index contributed by atoms with van der Waals surface area (Å²) < 4.78 is 6.25. The third-order valence-electron chi connectivity index (χ3n) is 4.51. The summed E-state index contributed by atoms with van der Waals surface area (Å²) in [5.74, 6) is 0. The first-order valence-electron chi connectivity index (χ1n) is 7.27. The van der Waals surface area contributed by atoms with Crippen LogP contribution in [-0.4, -0.2) is 37.3 Å². The van der Waals surface area contributed by atoms with Gasteiger partial charge in [-0.05, 0) is 31.0 Å². The largest absolute Gasteiger partial charge is 0.415 e. The maximum Gasteiger partial charge on any atom is 0.258 e. The molecule has 1 saturated heterocycles. The molecule has 0 unspecified atom stereocenters.